The van der Waals surface area contributed by atoms with Gasteiger partial charge in [-0.15, -0.1) is 0 Å². The van der Waals surface area contributed by atoms with Gasteiger partial charge < -0.3 is 29.5 Å². The number of aliphatic carboxylic acids is 2. The maximum absolute atomic E-state index is 9.55. The number of aromatic nitrogens is 2. The molecule has 0 aliphatic heterocycles. The molecule has 1 aromatic carbocycles. The maximum atomic E-state index is 9.55. The number of aliphatic hydroxyl groups excluding tert-OH is 1. The summed E-state index contributed by atoms with van der Waals surface area (Å²) in [5, 5.41) is 24.5. The van der Waals surface area contributed by atoms with E-state index in [0.717, 1.165) is 18.4 Å². The van der Waals surface area contributed by atoms with Gasteiger partial charge >= 0.3 is 11.9 Å². The van der Waals surface area contributed by atoms with Crippen molar-refractivity contribution in [3.63, 3.8) is 0 Å². The van der Waals surface area contributed by atoms with Crippen LogP contribution in [0.25, 0.3) is 0 Å². The summed E-state index contributed by atoms with van der Waals surface area (Å²) in [6.07, 6.45) is 7.75. The third-order valence-corrected chi connectivity index (χ3v) is 4.13. The monoisotopic (exact) mass is 482 g/mol. The number of carboxylic acid groups (broad SMARTS) is 2. The lowest BCUT2D eigenvalue weighted by Crippen LogP contribution is -2.06. The standard InChI is InChI=1S/C21H22N2O4.C4H4O4/c24-13-15-26-20-16-22-12-10-17(20)6-5-14-25-19-9-4-11-23-21(19)27-18-7-2-1-3-8-18;5-3(6)1-2-4(7)8/h1-4,7-12,16,24H,5-6,13-15H2;1-2H,(H,5,6)(H,7,8). The summed E-state index contributed by atoms with van der Waals surface area (Å²) in [4.78, 5) is 27.4. The van der Waals surface area contributed by atoms with Gasteiger partial charge in [-0.25, -0.2) is 14.6 Å². The molecular formula is C25H26N2O8. The van der Waals surface area contributed by atoms with Crippen molar-refractivity contribution in [3.8, 4) is 23.1 Å². The van der Waals surface area contributed by atoms with Crippen molar-refractivity contribution in [2.75, 3.05) is 19.8 Å². The molecule has 0 atom stereocenters. The predicted octanol–water partition coefficient (Wildman–Crippen LogP) is 3.36. The molecule has 2 aromatic heterocycles. The van der Waals surface area contributed by atoms with E-state index in [4.69, 9.17) is 29.5 Å². The van der Waals surface area contributed by atoms with Crippen LogP contribution in [-0.2, 0) is 16.0 Å². The van der Waals surface area contributed by atoms with Gasteiger partial charge in [0.25, 0.3) is 5.88 Å². The van der Waals surface area contributed by atoms with Gasteiger partial charge in [0.1, 0.15) is 18.1 Å². The largest absolute Gasteiger partial charge is 0.489 e. The molecule has 2 heterocycles. The number of hydrogen-bond donors (Lipinski definition) is 3. The van der Waals surface area contributed by atoms with Gasteiger partial charge in [-0.05, 0) is 48.7 Å². The quantitative estimate of drug-likeness (QED) is 0.259. The van der Waals surface area contributed by atoms with Crippen LogP contribution in [0.5, 0.6) is 23.1 Å². The zero-order chi connectivity index (χ0) is 25.3. The number of carbonyl (C=O) groups is 2. The first kappa shape index (κ1) is 26.8. The van der Waals surface area contributed by atoms with Crippen LogP contribution in [0.2, 0.25) is 0 Å². The fourth-order valence-corrected chi connectivity index (χ4v) is 2.65. The summed E-state index contributed by atoms with van der Waals surface area (Å²) in [5.41, 5.74) is 1.04. The number of aryl methyl sites for hydroxylation is 1. The number of aliphatic hydroxyl groups is 1. The lowest BCUT2D eigenvalue weighted by atomic mass is 10.1. The first-order valence-corrected chi connectivity index (χ1v) is 10.6. The van der Waals surface area contributed by atoms with Crippen LogP contribution in [0.15, 0.2) is 79.3 Å². The van der Waals surface area contributed by atoms with E-state index in [9.17, 15) is 9.59 Å². The van der Waals surface area contributed by atoms with Crippen molar-refractivity contribution in [1.29, 1.82) is 0 Å². The molecule has 10 nitrogen and oxygen atoms in total. The number of nitrogens with zero attached hydrogens (tertiary/aromatic N) is 2. The molecule has 3 rings (SSSR count). The Bertz CT molecular complexity index is 1070. The van der Waals surface area contributed by atoms with E-state index in [1.165, 1.54) is 0 Å². The summed E-state index contributed by atoms with van der Waals surface area (Å²) < 4.78 is 17.2. The summed E-state index contributed by atoms with van der Waals surface area (Å²) in [7, 11) is 0. The van der Waals surface area contributed by atoms with Crippen LogP contribution < -0.4 is 14.2 Å². The molecule has 0 aliphatic rings. The highest BCUT2D eigenvalue weighted by Gasteiger charge is 2.08. The molecule has 0 spiro atoms. The number of rotatable bonds is 12. The van der Waals surface area contributed by atoms with Crippen LogP contribution in [-0.4, -0.2) is 57.0 Å². The van der Waals surface area contributed by atoms with Gasteiger partial charge in [-0.1, -0.05) is 18.2 Å². The van der Waals surface area contributed by atoms with E-state index in [-0.39, 0.29) is 13.2 Å². The molecule has 0 aliphatic carbocycles. The normalized spacial score (nSPS) is 10.2. The first-order chi connectivity index (χ1) is 17.0. The lowest BCUT2D eigenvalue weighted by Gasteiger charge is -2.12. The van der Waals surface area contributed by atoms with Crippen molar-refractivity contribution in [3.05, 3.63) is 84.8 Å². The Hall–Kier alpha value is -4.44. The van der Waals surface area contributed by atoms with Crippen LogP contribution in [0.1, 0.15) is 12.0 Å². The Morgan fingerprint density at radius 3 is 2.26 bits per heavy atom. The number of pyridine rings is 2. The zero-order valence-corrected chi connectivity index (χ0v) is 18.8. The predicted molar refractivity (Wildman–Crippen MR) is 126 cm³/mol. The Morgan fingerprint density at radius 2 is 1.57 bits per heavy atom. The Balaban J connectivity index is 0.000000466. The van der Waals surface area contributed by atoms with E-state index >= 15 is 0 Å². The summed E-state index contributed by atoms with van der Waals surface area (Å²) in [6.45, 7) is 0.742. The van der Waals surface area contributed by atoms with Crippen LogP contribution in [0.3, 0.4) is 0 Å². The zero-order valence-electron chi connectivity index (χ0n) is 18.8. The molecule has 0 bridgehead atoms. The van der Waals surface area contributed by atoms with E-state index in [1.807, 2.05) is 48.5 Å². The van der Waals surface area contributed by atoms with Crippen molar-refractivity contribution < 1.29 is 39.1 Å². The second-order valence-electron chi connectivity index (χ2n) is 6.74. The summed E-state index contributed by atoms with van der Waals surface area (Å²) in [5.74, 6) is -0.0586. The SMILES string of the molecule is O=C(O)C=CC(=O)O.OCCOc1cnccc1CCCOc1cccnc1Oc1ccccc1. The Morgan fingerprint density at radius 1 is 0.857 bits per heavy atom. The fraction of sp³-hybridized carbons (Fsp3) is 0.200. The second-order valence-corrected chi connectivity index (χ2v) is 6.74. The number of carboxylic acids is 2. The average Bonchev–Trinajstić information content (AvgIpc) is 2.86. The van der Waals surface area contributed by atoms with Gasteiger partial charge in [0, 0.05) is 24.5 Å². The minimum atomic E-state index is -1.26. The minimum Gasteiger partial charge on any atom is -0.489 e. The van der Waals surface area contributed by atoms with Gasteiger partial charge in [0.15, 0.2) is 5.75 Å². The minimum absolute atomic E-state index is 0.0252. The highest BCUT2D eigenvalue weighted by molar-refractivity contribution is 5.89. The molecule has 0 unspecified atom stereocenters. The molecule has 0 saturated carbocycles. The molecule has 3 aromatic rings. The highest BCUT2D eigenvalue weighted by Crippen LogP contribution is 2.29. The maximum Gasteiger partial charge on any atom is 0.328 e. The van der Waals surface area contributed by atoms with Crippen LogP contribution in [0.4, 0.5) is 0 Å². The van der Waals surface area contributed by atoms with E-state index < -0.39 is 11.9 Å². The van der Waals surface area contributed by atoms with Crippen molar-refractivity contribution in [2.24, 2.45) is 0 Å². The van der Waals surface area contributed by atoms with Crippen molar-refractivity contribution in [2.45, 2.75) is 12.8 Å². The highest BCUT2D eigenvalue weighted by atomic mass is 16.5. The molecule has 0 fully saturated rings. The van der Waals surface area contributed by atoms with Gasteiger partial charge in [-0.2, -0.15) is 0 Å². The Labute approximate surface area is 202 Å². The molecule has 3 N–H and O–H groups in total. The van der Waals surface area contributed by atoms with Crippen molar-refractivity contribution in [1.82, 2.24) is 9.97 Å². The smallest absolute Gasteiger partial charge is 0.328 e. The van der Waals surface area contributed by atoms with E-state index in [2.05, 4.69) is 9.97 Å². The molecular weight excluding hydrogens is 456 g/mol. The van der Waals surface area contributed by atoms with Crippen molar-refractivity contribution >= 4 is 11.9 Å². The number of hydrogen-bond acceptors (Lipinski definition) is 8. The third kappa shape index (κ3) is 10.8. The number of ether oxygens (including phenoxy) is 3. The molecule has 184 valence electrons. The van der Waals surface area contributed by atoms with E-state index in [0.29, 0.717) is 41.9 Å². The molecule has 0 saturated heterocycles. The Kier molecular flexibility index (Phi) is 11.8. The van der Waals surface area contributed by atoms with Gasteiger partial charge in [0.2, 0.25) is 0 Å². The molecule has 0 amide bonds. The summed E-state index contributed by atoms with van der Waals surface area (Å²) >= 11 is 0. The summed E-state index contributed by atoms with van der Waals surface area (Å²) in [6, 6.07) is 15.1. The molecule has 10 heteroatoms. The topological polar surface area (TPSA) is 148 Å². The third-order valence-electron chi connectivity index (χ3n) is 4.13. The van der Waals surface area contributed by atoms with Gasteiger partial charge in [0.05, 0.1) is 19.4 Å². The van der Waals surface area contributed by atoms with Crippen LogP contribution in [0, 0.1) is 0 Å². The first-order valence-electron chi connectivity index (χ1n) is 10.6. The van der Waals surface area contributed by atoms with E-state index in [1.54, 1.807) is 18.6 Å². The number of benzene rings is 1. The molecule has 0 radical (unpaired) electrons. The van der Waals surface area contributed by atoms with Gasteiger partial charge in [-0.3, -0.25) is 4.98 Å². The van der Waals surface area contributed by atoms with Crippen LogP contribution >= 0.6 is 0 Å². The molecule has 35 heavy (non-hydrogen) atoms. The second kappa shape index (κ2) is 15.4. The average molecular weight is 482 g/mol. The lowest BCUT2D eigenvalue weighted by molar-refractivity contribution is -0.134. The fourth-order valence-electron chi connectivity index (χ4n) is 2.65. The number of para-hydroxylation sites is 1.